The van der Waals surface area contributed by atoms with Gasteiger partial charge in [0.15, 0.2) is 0 Å². The van der Waals surface area contributed by atoms with Crippen LogP contribution in [0.5, 0.6) is 0 Å². The molecule has 0 unspecified atom stereocenters. The molecule has 0 spiro atoms. The molecule has 52 valence electrons. The fourth-order valence-electron chi connectivity index (χ4n) is 0.443. The molecule has 0 aromatic carbocycles. The van der Waals surface area contributed by atoms with Crippen molar-refractivity contribution >= 4 is 14.3 Å². The number of hydrogen-bond acceptors (Lipinski definition) is 1. The van der Waals surface area contributed by atoms with Gasteiger partial charge >= 0.3 is 0 Å². The molecule has 0 bridgehead atoms. The van der Waals surface area contributed by atoms with Crippen LogP contribution in [0.4, 0.5) is 0 Å². The van der Waals surface area contributed by atoms with E-state index in [1.165, 1.54) is 6.04 Å². The van der Waals surface area contributed by atoms with E-state index < -0.39 is 8.07 Å². The second-order valence-corrected chi connectivity index (χ2v) is 8.85. The fraction of sp³-hybridized carbons (Fsp3) is 0.714. The molecule has 0 aliphatic carbocycles. The van der Waals surface area contributed by atoms with Gasteiger partial charge in [0.25, 0.3) is 0 Å². The molecule has 2 radical (unpaired) electrons. The molecule has 9 heavy (non-hydrogen) atoms. The molecule has 0 aliphatic rings. The van der Waals surface area contributed by atoms with Crippen molar-refractivity contribution in [1.29, 1.82) is 0 Å². The third-order valence-corrected chi connectivity index (χ3v) is 2.36. The van der Waals surface area contributed by atoms with Crippen LogP contribution < -0.4 is 0 Å². The highest BCUT2D eigenvalue weighted by Gasteiger charge is 2.10. The summed E-state index contributed by atoms with van der Waals surface area (Å²) in [7, 11) is 0.878. The molecule has 1 nitrogen and oxygen atoms in total. The van der Waals surface area contributed by atoms with Crippen LogP contribution in [0.2, 0.25) is 25.7 Å². The van der Waals surface area contributed by atoms with E-state index in [2.05, 4.69) is 30.8 Å². The van der Waals surface area contributed by atoms with Crippen molar-refractivity contribution in [3.63, 3.8) is 0 Å². The van der Waals surface area contributed by atoms with Gasteiger partial charge in [0.05, 0.1) is 6.21 Å². The molecule has 0 aliphatic heterocycles. The van der Waals surface area contributed by atoms with Gasteiger partial charge in [-0.25, -0.2) is 0 Å². The van der Waals surface area contributed by atoms with Crippen LogP contribution in [0.3, 0.4) is 0 Å². The number of aliphatic imine (C=N–C) groups is 1. The number of nitrogens with zero attached hydrogens (tertiary/aromatic N) is 1. The lowest BCUT2D eigenvalue weighted by Crippen LogP contribution is -2.19. The quantitative estimate of drug-likeness (QED) is 0.421. The van der Waals surface area contributed by atoms with E-state index in [9.17, 15) is 0 Å². The van der Waals surface area contributed by atoms with Gasteiger partial charge in [0, 0.05) is 21.5 Å². The van der Waals surface area contributed by atoms with E-state index in [1.54, 1.807) is 7.05 Å². The standard InChI is InChI=1S/C7H15NSi/c1-8-6-5-7-9(2,3)4/h5H,7H2,1-4H3. The highest BCUT2D eigenvalue weighted by molar-refractivity contribution is 6.76. The Morgan fingerprint density at radius 1 is 1.44 bits per heavy atom. The lowest BCUT2D eigenvalue weighted by molar-refractivity contribution is 1.41. The Bertz CT molecular complexity index is 91.6. The van der Waals surface area contributed by atoms with Gasteiger partial charge in [-0.05, 0) is 6.04 Å². The van der Waals surface area contributed by atoms with Crippen molar-refractivity contribution in [2.75, 3.05) is 7.05 Å². The molecule has 0 atom stereocenters. The maximum Gasteiger partial charge on any atom is 0.0592 e. The maximum atomic E-state index is 3.76. The van der Waals surface area contributed by atoms with Crippen LogP contribution in [0.15, 0.2) is 4.99 Å². The monoisotopic (exact) mass is 141 g/mol. The van der Waals surface area contributed by atoms with Crippen molar-refractivity contribution in [3.8, 4) is 0 Å². The first kappa shape index (κ1) is 8.89. The summed E-state index contributed by atoms with van der Waals surface area (Å²) < 4.78 is 0. The fourth-order valence-corrected chi connectivity index (χ4v) is 1.15. The van der Waals surface area contributed by atoms with Crippen molar-refractivity contribution < 1.29 is 0 Å². The summed E-state index contributed by atoms with van der Waals surface area (Å²) in [5.74, 6) is 0. The van der Waals surface area contributed by atoms with Crippen LogP contribution in [-0.2, 0) is 0 Å². The van der Waals surface area contributed by atoms with Crippen molar-refractivity contribution in [2.24, 2.45) is 4.99 Å². The zero-order chi connectivity index (χ0) is 7.33. The summed E-state index contributed by atoms with van der Waals surface area (Å²) in [6.07, 6.45) is 4.87. The minimum absolute atomic E-state index is 0.873. The molecular formula is C7H15NSi. The normalized spacial score (nSPS) is 12.9. The van der Waals surface area contributed by atoms with Crippen molar-refractivity contribution in [2.45, 2.75) is 25.7 Å². The Hall–Kier alpha value is -0.113. The lowest BCUT2D eigenvalue weighted by atomic mass is 10.5. The Kier molecular flexibility index (Phi) is 3.78. The molecular weight excluding hydrogens is 126 g/mol. The van der Waals surface area contributed by atoms with Crippen LogP contribution in [-0.4, -0.2) is 21.3 Å². The van der Waals surface area contributed by atoms with Gasteiger partial charge in [0.2, 0.25) is 0 Å². The molecule has 0 aromatic rings. The van der Waals surface area contributed by atoms with Gasteiger partial charge in [0.1, 0.15) is 0 Å². The van der Waals surface area contributed by atoms with Crippen molar-refractivity contribution in [1.82, 2.24) is 0 Å². The molecule has 0 amide bonds. The SMILES string of the molecule is CN=[C][CH]C[Si](C)(C)C. The van der Waals surface area contributed by atoms with E-state index in [1.807, 2.05) is 6.42 Å². The summed E-state index contributed by atoms with van der Waals surface area (Å²) in [5, 5.41) is 0. The van der Waals surface area contributed by atoms with Gasteiger partial charge in [-0.3, -0.25) is 4.99 Å². The molecule has 0 saturated heterocycles. The van der Waals surface area contributed by atoms with Crippen LogP contribution in [0.25, 0.3) is 0 Å². The maximum absolute atomic E-state index is 3.76. The first-order valence-corrected chi connectivity index (χ1v) is 6.93. The molecule has 0 rings (SSSR count). The summed E-state index contributed by atoms with van der Waals surface area (Å²) in [4.78, 5) is 3.76. The molecule has 0 aromatic heterocycles. The molecule has 0 N–H and O–H groups in total. The Morgan fingerprint density at radius 3 is 2.33 bits per heavy atom. The van der Waals surface area contributed by atoms with E-state index in [0.29, 0.717) is 0 Å². The predicted molar refractivity (Wildman–Crippen MR) is 45.8 cm³/mol. The van der Waals surface area contributed by atoms with Crippen LogP contribution in [0, 0.1) is 6.42 Å². The highest BCUT2D eigenvalue weighted by Crippen LogP contribution is 2.08. The van der Waals surface area contributed by atoms with E-state index in [4.69, 9.17) is 0 Å². The molecule has 0 heterocycles. The third-order valence-electron chi connectivity index (χ3n) is 0.935. The molecule has 0 fully saturated rings. The summed E-state index contributed by atoms with van der Waals surface area (Å²) >= 11 is 0. The summed E-state index contributed by atoms with van der Waals surface area (Å²) in [6, 6.07) is 1.18. The summed E-state index contributed by atoms with van der Waals surface area (Å²) in [5.41, 5.74) is 0. The zero-order valence-electron chi connectivity index (χ0n) is 6.73. The smallest absolute Gasteiger partial charge is 0.0592 e. The number of hydrogen-bond donors (Lipinski definition) is 0. The van der Waals surface area contributed by atoms with Gasteiger partial charge in [-0.1, -0.05) is 19.6 Å². The minimum atomic E-state index is -0.873. The van der Waals surface area contributed by atoms with Crippen LogP contribution >= 0.6 is 0 Å². The highest BCUT2D eigenvalue weighted by atomic mass is 28.3. The Balaban J connectivity index is 3.28. The van der Waals surface area contributed by atoms with E-state index >= 15 is 0 Å². The second-order valence-electron chi connectivity index (χ2n) is 3.32. The van der Waals surface area contributed by atoms with E-state index in [0.717, 1.165) is 0 Å². The average molecular weight is 141 g/mol. The van der Waals surface area contributed by atoms with Crippen LogP contribution in [0.1, 0.15) is 0 Å². The molecule has 2 heteroatoms. The lowest BCUT2D eigenvalue weighted by Gasteiger charge is -2.12. The topological polar surface area (TPSA) is 12.4 Å². The zero-order valence-corrected chi connectivity index (χ0v) is 7.73. The number of rotatable bonds is 3. The minimum Gasteiger partial charge on any atom is -0.291 e. The van der Waals surface area contributed by atoms with Crippen molar-refractivity contribution in [3.05, 3.63) is 6.42 Å². The second kappa shape index (κ2) is 3.83. The van der Waals surface area contributed by atoms with Gasteiger partial charge < -0.3 is 0 Å². The first-order valence-electron chi connectivity index (χ1n) is 3.22. The first-order chi connectivity index (χ1) is 4.06. The Morgan fingerprint density at radius 2 is 2.00 bits per heavy atom. The average Bonchev–Trinajstić information content (AvgIpc) is 1.63. The van der Waals surface area contributed by atoms with Gasteiger partial charge in [-0.2, -0.15) is 0 Å². The largest absolute Gasteiger partial charge is 0.291 e. The molecule has 0 saturated carbocycles. The third kappa shape index (κ3) is 7.89. The predicted octanol–water partition coefficient (Wildman–Crippen LogP) is 2.11. The van der Waals surface area contributed by atoms with E-state index in [-0.39, 0.29) is 0 Å². The van der Waals surface area contributed by atoms with Gasteiger partial charge in [-0.15, -0.1) is 0 Å². The Labute approximate surface area is 59.2 Å². The summed E-state index contributed by atoms with van der Waals surface area (Å²) in [6.45, 7) is 7.00.